The van der Waals surface area contributed by atoms with Gasteiger partial charge in [-0.1, -0.05) is 26.7 Å². The number of hydrogen-bond acceptors (Lipinski definition) is 3. The molecule has 0 aromatic carbocycles. The maximum atomic E-state index is 10.9. The molecule has 0 N–H and O–H groups in total. The first-order valence-corrected chi connectivity index (χ1v) is 6.23. The Hall–Kier alpha value is -0.700. The smallest absolute Gasteiger partial charge is 0.124 e. The molecule has 2 unspecified atom stereocenters. The van der Waals surface area contributed by atoms with Crippen LogP contribution in [0.15, 0.2) is 0 Å². The quantitative estimate of drug-likeness (QED) is 0.424. The zero-order valence-electron chi connectivity index (χ0n) is 10.8. The van der Waals surface area contributed by atoms with Crippen LogP contribution in [0, 0.1) is 11.8 Å². The normalized spacial score (nSPS) is 14.8. The SMILES string of the molecule is CCN(C)CC(C=O)CCCCC(C)C=O. The Labute approximate surface area is 99.2 Å². The molecule has 0 aliphatic rings. The number of unbranched alkanes of at least 4 members (excludes halogenated alkanes) is 1. The topological polar surface area (TPSA) is 37.4 Å². The van der Waals surface area contributed by atoms with E-state index < -0.39 is 0 Å². The Bertz CT molecular complexity index is 194. The molecule has 0 aliphatic carbocycles. The molecule has 0 aromatic rings. The van der Waals surface area contributed by atoms with E-state index in [0.29, 0.717) is 0 Å². The zero-order chi connectivity index (χ0) is 12.4. The van der Waals surface area contributed by atoms with Crippen LogP contribution >= 0.6 is 0 Å². The van der Waals surface area contributed by atoms with E-state index in [9.17, 15) is 9.59 Å². The third-order valence-corrected chi connectivity index (χ3v) is 3.00. The summed E-state index contributed by atoms with van der Waals surface area (Å²) in [5, 5.41) is 0. The fourth-order valence-corrected chi connectivity index (χ4v) is 1.67. The van der Waals surface area contributed by atoms with E-state index in [-0.39, 0.29) is 11.8 Å². The molecule has 0 aromatic heterocycles. The minimum atomic E-state index is 0.150. The largest absolute Gasteiger partial charge is 0.306 e. The molecule has 0 aliphatic heterocycles. The van der Waals surface area contributed by atoms with Gasteiger partial charge in [0.05, 0.1) is 0 Å². The summed E-state index contributed by atoms with van der Waals surface area (Å²) in [5.41, 5.74) is 0. The van der Waals surface area contributed by atoms with Gasteiger partial charge < -0.3 is 14.5 Å². The van der Waals surface area contributed by atoms with Gasteiger partial charge in [0.25, 0.3) is 0 Å². The highest BCUT2D eigenvalue weighted by atomic mass is 16.1. The van der Waals surface area contributed by atoms with Crippen LogP contribution in [0.25, 0.3) is 0 Å². The summed E-state index contributed by atoms with van der Waals surface area (Å²) in [7, 11) is 2.03. The van der Waals surface area contributed by atoms with E-state index in [1.54, 1.807) is 0 Å². The van der Waals surface area contributed by atoms with Gasteiger partial charge in [-0.25, -0.2) is 0 Å². The maximum absolute atomic E-state index is 10.9. The molecule has 16 heavy (non-hydrogen) atoms. The molecule has 94 valence electrons. The van der Waals surface area contributed by atoms with E-state index in [0.717, 1.165) is 51.3 Å². The third kappa shape index (κ3) is 7.57. The van der Waals surface area contributed by atoms with Gasteiger partial charge in [0, 0.05) is 18.4 Å². The van der Waals surface area contributed by atoms with Gasteiger partial charge in [-0.2, -0.15) is 0 Å². The molecular formula is C13H25NO2. The molecule has 0 amide bonds. The Morgan fingerprint density at radius 3 is 2.25 bits per heavy atom. The van der Waals surface area contributed by atoms with Crippen LogP contribution in [0.3, 0.4) is 0 Å². The summed E-state index contributed by atoms with van der Waals surface area (Å²) in [4.78, 5) is 23.4. The van der Waals surface area contributed by atoms with Crippen LogP contribution in [0.5, 0.6) is 0 Å². The monoisotopic (exact) mass is 227 g/mol. The Balaban J connectivity index is 3.62. The van der Waals surface area contributed by atoms with Gasteiger partial charge in [-0.05, 0) is 26.4 Å². The average Bonchev–Trinajstić information content (AvgIpc) is 2.32. The molecule has 0 saturated heterocycles. The molecule has 0 rings (SSSR count). The molecule has 3 nitrogen and oxygen atoms in total. The molecular weight excluding hydrogens is 202 g/mol. The van der Waals surface area contributed by atoms with Crippen molar-refractivity contribution in [3.63, 3.8) is 0 Å². The van der Waals surface area contributed by atoms with Gasteiger partial charge in [0.2, 0.25) is 0 Å². The van der Waals surface area contributed by atoms with Gasteiger partial charge in [0.15, 0.2) is 0 Å². The second kappa shape index (κ2) is 9.52. The van der Waals surface area contributed by atoms with Crippen molar-refractivity contribution in [1.82, 2.24) is 4.90 Å². The van der Waals surface area contributed by atoms with E-state index in [4.69, 9.17) is 0 Å². The summed E-state index contributed by atoms with van der Waals surface area (Å²) >= 11 is 0. The van der Waals surface area contributed by atoms with Crippen molar-refractivity contribution in [2.24, 2.45) is 11.8 Å². The van der Waals surface area contributed by atoms with Crippen molar-refractivity contribution in [3.05, 3.63) is 0 Å². The highest BCUT2D eigenvalue weighted by Gasteiger charge is 2.09. The van der Waals surface area contributed by atoms with Crippen molar-refractivity contribution in [2.75, 3.05) is 20.1 Å². The number of nitrogens with zero attached hydrogens (tertiary/aromatic N) is 1. The number of hydrogen-bond donors (Lipinski definition) is 0. The Kier molecular flexibility index (Phi) is 9.10. The summed E-state index contributed by atoms with van der Waals surface area (Å²) in [5.74, 6) is 0.310. The highest BCUT2D eigenvalue weighted by molar-refractivity contribution is 5.53. The first-order valence-electron chi connectivity index (χ1n) is 6.23. The summed E-state index contributed by atoms with van der Waals surface area (Å²) in [6.45, 7) is 5.86. The fraction of sp³-hybridized carbons (Fsp3) is 0.846. The van der Waals surface area contributed by atoms with Crippen molar-refractivity contribution < 1.29 is 9.59 Å². The predicted octanol–water partition coefficient (Wildman–Crippen LogP) is 2.15. The molecule has 2 atom stereocenters. The van der Waals surface area contributed by atoms with Crippen molar-refractivity contribution >= 4 is 12.6 Å². The number of carbonyl (C=O) groups excluding carboxylic acids is 2. The summed E-state index contributed by atoms with van der Waals surface area (Å²) < 4.78 is 0. The zero-order valence-corrected chi connectivity index (χ0v) is 10.8. The van der Waals surface area contributed by atoms with Crippen molar-refractivity contribution in [3.8, 4) is 0 Å². The first kappa shape index (κ1) is 15.3. The lowest BCUT2D eigenvalue weighted by molar-refractivity contribution is -0.112. The van der Waals surface area contributed by atoms with Gasteiger partial charge in [-0.3, -0.25) is 0 Å². The standard InChI is InChI=1S/C13H25NO2/c1-4-14(3)9-13(11-16)8-6-5-7-12(2)10-15/h10-13H,4-9H2,1-3H3. The molecule has 0 heterocycles. The van der Waals surface area contributed by atoms with Crippen LogP contribution < -0.4 is 0 Å². The van der Waals surface area contributed by atoms with E-state index in [2.05, 4.69) is 11.8 Å². The lowest BCUT2D eigenvalue weighted by Crippen LogP contribution is -2.26. The maximum Gasteiger partial charge on any atom is 0.124 e. The fourth-order valence-electron chi connectivity index (χ4n) is 1.67. The van der Waals surface area contributed by atoms with E-state index in [1.807, 2.05) is 14.0 Å². The molecule has 0 spiro atoms. The second-order valence-electron chi connectivity index (χ2n) is 4.65. The second-order valence-corrected chi connectivity index (χ2v) is 4.65. The highest BCUT2D eigenvalue weighted by Crippen LogP contribution is 2.12. The lowest BCUT2D eigenvalue weighted by atomic mass is 9.99. The summed E-state index contributed by atoms with van der Waals surface area (Å²) in [6.07, 6.45) is 6.04. The van der Waals surface area contributed by atoms with Gasteiger partial charge in [0.1, 0.15) is 12.6 Å². The number of carbonyl (C=O) groups is 2. The van der Waals surface area contributed by atoms with E-state index >= 15 is 0 Å². The van der Waals surface area contributed by atoms with Crippen LogP contribution in [-0.2, 0) is 9.59 Å². The van der Waals surface area contributed by atoms with Crippen LogP contribution in [0.2, 0.25) is 0 Å². The minimum absolute atomic E-state index is 0.150. The lowest BCUT2D eigenvalue weighted by Gasteiger charge is -2.18. The Morgan fingerprint density at radius 2 is 1.75 bits per heavy atom. The van der Waals surface area contributed by atoms with E-state index in [1.165, 1.54) is 0 Å². The summed E-state index contributed by atoms with van der Waals surface area (Å²) in [6, 6.07) is 0. The van der Waals surface area contributed by atoms with Crippen LogP contribution in [0.4, 0.5) is 0 Å². The predicted molar refractivity (Wildman–Crippen MR) is 66.4 cm³/mol. The average molecular weight is 227 g/mol. The molecule has 0 saturated carbocycles. The number of aldehydes is 2. The molecule has 0 radical (unpaired) electrons. The van der Waals surface area contributed by atoms with Gasteiger partial charge in [-0.15, -0.1) is 0 Å². The van der Waals surface area contributed by atoms with Gasteiger partial charge >= 0.3 is 0 Å². The van der Waals surface area contributed by atoms with Crippen LogP contribution in [-0.4, -0.2) is 37.6 Å². The van der Waals surface area contributed by atoms with Crippen molar-refractivity contribution in [1.29, 1.82) is 0 Å². The first-order chi connectivity index (χ1) is 7.63. The molecule has 3 heteroatoms. The molecule has 0 bridgehead atoms. The molecule has 0 fully saturated rings. The third-order valence-electron chi connectivity index (χ3n) is 3.00. The Morgan fingerprint density at radius 1 is 1.12 bits per heavy atom. The number of rotatable bonds is 10. The van der Waals surface area contributed by atoms with Crippen molar-refractivity contribution in [2.45, 2.75) is 39.5 Å². The van der Waals surface area contributed by atoms with Crippen LogP contribution in [0.1, 0.15) is 39.5 Å². The minimum Gasteiger partial charge on any atom is -0.306 e.